The van der Waals surface area contributed by atoms with E-state index in [1.807, 2.05) is 4.90 Å². The van der Waals surface area contributed by atoms with Crippen molar-refractivity contribution in [2.45, 2.75) is 51.6 Å². The van der Waals surface area contributed by atoms with E-state index in [-0.39, 0.29) is 23.7 Å². The smallest absolute Gasteiger partial charge is 0.352 e. The van der Waals surface area contributed by atoms with E-state index in [1.165, 1.54) is 17.0 Å². The van der Waals surface area contributed by atoms with Crippen molar-refractivity contribution < 1.29 is 22.8 Å². The molecular weight excluding hydrogens is 489 g/mol. The van der Waals surface area contributed by atoms with Gasteiger partial charge in [0.05, 0.1) is 10.9 Å². The van der Waals surface area contributed by atoms with Crippen LogP contribution in [0.2, 0.25) is 0 Å². The molecule has 1 amide bonds. The number of amides is 1. The lowest BCUT2D eigenvalue weighted by Crippen LogP contribution is -2.49. The number of nitrogens with zero attached hydrogens (tertiary/aromatic N) is 4. The maximum absolute atomic E-state index is 12.7. The Kier molecular flexibility index (Phi) is 8.23. The number of fused-ring (bicyclic) bond motifs is 1. The van der Waals surface area contributed by atoms with E-state index in [0.29, 0.717) is 32.4 Å². The zero-order valence-corrected chi connectivity index (χ0v) is 21.0. The molecule has 10 heteroatoms. The summed E-state index contributed by atoms with van der Waals surface area (Å²) in [7, 11) is 0. The van der Waals surface area contributed by atoms with E-state index >= 15 is 0 Å². The number of alkyl halides is 3. The summed E-state index contributed by atoms with van der Waals surface area (Å²) >= 11 is 1.69. The SMILES string of the molecule is CCc1cc2c(N3CCN(C(=O)CCCCCC(=O)c4ccc(C(F)(F)F)cc4)CC3)ncnc2s1. The lowest BCUT2D eigenvalue weighted by Gasteiger charge is -2.35. The fourth-order valence-electron chi connectivity index (χ4n) is 4.37. The van der Waals surface area contributed by atoms with E-state index in [1.54, 1.807) is 17.7 Å². The molecule has 1 aliphatic rings. The molecule has 36 heavy (non-hydrogen) atoms. The van der Waals surface area contributed by atoms with Gasteiger partial charge in [-0.15, -0.1) is 11.3 Å². The average molecular weight is 519 g/mol. The Morgan fingerprint density at radius 1 is 0.972 bits per heavy atom. The molecular formula is C26H29F3N4O2S. The number of aryl methyl sites for hydroxylation is 1. The van der Waals surface area contributed by atoms with Gasteiger partial charge in [-0.2, -0.15) is 13.2 Å². The largest absolute Gasteiger partial charge is 0.416 e. The number of carbonyl (C=O) groups is 2. The molecule has 0 saturated carbocycles. The molecule has 0 spiro atoms. The Labute approximate surface area is 212 Å². The van der Waals surface area contributed by atoms with Gasteiger partial charge in [0.1, 0.15) is 17.0 Å². The van der Waals surface area contributed by atoms with Gasteiger partial charge in [-0.25, -0.2) is 9.97 Å². The zero-order valence-electron chi connectivity index (χ0n) is 20.2. The second-order valence-electron chi connectivity index (χ2n) is 8.91. The number of hydrogen-bond donors (Lipinski definition) is 0. The van der Waals surface area contributed by atoms with Gasteiger partial charge in [0, 0.05) is 49.5 Å². The normalized spacial score (nSPS) is 14.4. The number of thiophene rings is 1. The van der Waals surface area contributed by atoms with Gasteiger partial charge in [0.25, 0.3) is 0 Å². The maximum Gasteiger partial charge on any atom is 0.416 e. The van der Waals surface area contributed by atoms with E-state index in [9.17, 15) is 22.8 Å². The van der Waals surface area contributed by atoms with Crippen LogP contribution in [0.25, 0.3) is 10.2 Å². The Morgan fingerprint density at radius 3 is 2.33 bits per heavy atom. The number of piperazine rings is 1. The summed E-state index contributed by atoms with van der Waals surface area (Å²) in [4.78, 5) is 40.2. The van der Waals surface area contributed by atoms with E-state index < -0.39 is 11.7 Å². The Balaban J connectivity index is 1.17. The van der Waals surface area contributed by atoms with Crippen LogP contribution >= 0.6 is 11.3 Å². The van der Waals surface area contributed by atoms with Crippen molar-refractivity contribution >= 4 is 39.1 Å². The summed E-state index contributed by atoms with van der Waals surface area (Å²) in [6.07, 6.45) is 0.844. The van der Waals surface area contributed by atoms with Gasteiger partial charge in [-0.3, -0.25) is 9.59 Å². The first-order valence-corrected chi connectivity index (χ1v) is 13.0. The number of rotatable bonds is 9. The molecule has 0 bridgehead atoms. The fraction of sp³-hybridized carbons (Fsp3) is 0.462. The number of anilines is 1. The molecule has 192 valence electrons. The van der Waals surface area contributed by atoms with Crippen LogP contribution in [0, 0.1) is 0 Å². The minimum Gasteiger partial charge on any atom is -0.352 e. The molecule has 1 aromatic carbocycles. The van der Waals surface area contributed by atoms with Gasteiger partial charge < -0.3 is 9.80 Å². The summed E-state index contributed by atoms with van der Waals surface area (Å²) in [5, 5.41) is 1.07. The highest BCUT2D eigenvalue weighted by atomic mass is 32.1. The Hall–Kier alpha value is -3.01. The standard InChI is InChI=1S/C26H29F3N4O2S/c1-2-20-16-21-24(30-17-31-25(21)36-20)33-14-12-32(13-15-33)23(35)7-5-3-4-6-22(34)18-8-10-19(11-9-18)26(27,28)29/h8-11,16-17H,2-7,12-15H2,1H3. The topological polar surface area (TPSA) is 66.4 Å². The van der Waals surface area contributed by atoms with E-state index in [0.717, 1.165) is 54.1 Å². The summed E-state index contributed by atoms with van der Waals surface area (Å²) < 4.78 is 38.0. The van der Waals surface area contributed by atoms with Gasteiger partial charge in [0.15, 0.2) is 5.78 Å². The number of carbonyl (C=O) groups excluding carboxylic acids is 2. The molecule has 3 aromatic rings. The predicted molar refractivity (Wildman–Crippen MR) is 134 cm³/mol. The molecule has 1 aliphatic heterocycles. The van der Waals surface area contributed by atoms with Gasteiger partial charge in [-0.1, -0.05) is 25.5 Å². The van der Waals surface area contributed by atoms with Crippen LogP contribution in [0.5, 0.6) is 0 Å². The number of halogens is 3. The lowest BCUT2D eigenvalue weighted by atomic mass is 10.0. The van der Waals surface area contributed by atoms with Crippen molar-refractivity contribution in [3.05, 3.63) is 52.7 Å². The van der Waals surface area contributed by atoms with Crippen LogP contribution in [0.3, 0.4) is 0 Å². The minimum atomic E-state index is -4.41. The first-order valence-electron chi connectivity index (χ1n) is 12.2. The molecule has 3 heterocycles. The second-order valence-corrected chi connectivity index (χ2v) is 10.0. The van der Waals surface area contributed by atoms with Crippen molar-refractivity contribution in [2.75, 3.05) is 31.1 Å². The highest BCUT2D eigenvalue weighted by Gasteiger charge is 2.30. The minimum absolute atomic E-state index is 0.111. The van der Waals surface area contributed by atoms with Crippen LogP contribution in [-0.4, -0.2) is 52.7 Å². The zero-order chi connectivity index (χ0) is 25.7. The predicted octanol–water partition coefficient (Wildman–Crippen LogP) is 5.75. The number of benzene rings is 1. The van der Waals surface area contributed by atoms with Gasteiger partial charge in [-0.05, 0) is 37.5 Å². The molecule has 4 rings (SSSR count). The van der Waals surface area contributed by atoms with Crippen molar-refractivity contribution in [3.63, 3.8) is 0 Å². The van der Waals surface area contributed by atoms with Crippen LogP contribution in [0.4, 0.5) is 19.0 Å². The molecule has 1 fully saturated rings. The highest BCUT2D eigenvalue weighted by Crippen LogP contribution is 2.31. The lowest BCUT2D eigenvalue weighted by molar-refractivity contribution is -0.137. The number of aromatic nitrogens is 2. The summed E-state index contributed by atoms with van der Waals surface area (Å²) in [6, 6.07) is 6.47. The summed E-state index contributed by atoms with van der Waals surface area (Å²) in [6.45, 7) is 4.84. The third kappa shape index (κ3) is 6.21. The van der Waals surface area contributed by atoms with Crippen molar-refractivity contribution in [3.8, 4) is 0 Å². The van der Waals surface area contributed by atoms with Gasteiger partial charge in [0.2, 0.25) is 5.91 Å². The van der Waals surface area contributed by atoms with Gasteiger partial charge >= 0.3 is 6.18 Å². The molecule has 0 N–H and O–H groups in total. The van der Waals surface area contributed by atoms with Crippen LogP contribution < -0.4 is 4.90 Å². The van der Waals surface area contributed by atoms with Crippen LogP contribution in [-0.2, 0) is 17.4 Å². The number of hydrogen-bond acceptors (Lipinski definition) is 6. The highest BCUT2D eigenvalue weighted by molar-refractivity contribution is 7.18. The molecule has 2 aromatic heterocycles. The molecule has 1 saturated heterocycles. The van der Waals surface area contributed by atoms with Crippen LogP contribution in [0.1, 0.15) is 59.8 Å². The molecule has 6 nitrogen and oxygen atoms in total. The Morgan fingerprint density at radius 2 is 1.67 bits per heavy atom. The maximum atomic E-state index is 12.7. The number of unbranched alkanes of at least 4 members (excludes halogenated alkanes) is 2. The van der Waals surface area contributed by atoms with Crippen molar-refractivity contribution in [1.82, 2.24) is 14.9 Å². The molecule has 0 radical (unpaired) electrons. The number of Topliss-reactive ketones (excluding diaryl/α,β-unsaturated/α-hetero) is 1. The first-order chi connectivity index (χ1) is 17.3. The third-order valence-electron chi connectivity index (χ3n) is 6.47. The van der Waals surface area contributed by atoms with E-state index in [2.05, 4.69) is 27.9 Å². The van der Waals surface area contributed by atoms with Crippen molar-refractivity contribution in [1.29, 1.82) is 0 Å². The first kappa shape index (κ1) is 26.1. The fourth-order valence-corrected chi connectivity index (χ4v) is 5.30. The quantitative estimate of drug-likeness (QED) is 0.266. The second kappa shape index (κ2) is 11.4. The molecule has 0 unspecified atom stereocenters. The van der Waals surface area contributed by atoms with Crippen molar-refractivity contribution in [2.24, 2.45) is 0 Å². The van der Waals surface area contributed by atoms with Crippen LogP contribution in [0.15, 0.2) is 36.7 Å². The summed E-state index contributed by atoms with van der Waals surface area (Å²) in [5.74, 6) is 0.864. The number of ketones is 1. The monoisotopic (exact) mass is 518 g/mol. The average Bonchev–Trinajstić information content (AvgIpc) is 3.31. The Bertz CT molecular complexity index is 1200. The van der Waals surface area contributed by atoms with E-state index in [4.69, 9.17) is 0 Å². The molecule has 0 aliphatic carbocycles. The third-order valence-corrected chi connectivity index (χ3v) is 7.66. The molecule has 0 atom stereocenters. The summed E-state index contributed by atoms with van der Waals surface area (Å²) in [5.41, 5.74) is -0.480.